The molecule has 1 N–H and O–H groups in total. The number of nitrogens with one attached hydrogen (secondary N) is 1. The molecule has 1 fully saturated rings. The van der Waals surface area contributed by atoms with Crippen LogP contribution in [0.2, 0.25) is 0 Å². The second kappa shape index (κ2) is 7.55. The zero-order valence-electron chi connectivity index (χ0n) is 13.4. The van der Waals surface area contributed by atoms with E-state index in [0.717, 1.165) is 19.6 Å². The van der Waals surface area contributed by atoms with E-state index in [2.05, 4.69) is 49.0 Å². The van der Waals surface area contributed by atoms with Gasteiger partial charge < -0.3 is 10.2 Å². The average molecular weight is 295 g/mol. The van der Waals surface area contributed by atoms with E-state index >= 15 is 0 Å². The van der Waals surface area contributed by atoms with Crippen LogP contribution in [0.5, 0.6) is 0 Å². The van der Waals surface area contributed by atoms with Crippen molar-refractivity contribution >= 4 is 11.3 Å². The maximum Gasteiger partial charge on any atom is 0.0299 e. The molecule has 20 heavy (non-hydrogen) atoms. The van der Waals surface area contributed by atoms with Crippen molar-refractivity contribution in [2.75, 3.05) is 33.2 Å². The third-order valence-electron chi connectivity index (χ3n) is 4.18. The molecule has 0 bridgehead atoms. The highest BCUT2D eigenvalue weighted by Crippen LogP contribution is 2.24. The summed E-state index contributed by atoms with van der Waals surface area (Å²) < 4.78 is 0. The van der Waals surface area contributed by atoms with Gasteiger partial charge in [-0.15, -0.1) is 11.3 Å². The minimum atomic E-state index is 0.652. The molecule has 3 nitrogen and oxygen atoms in total. The summed E-state index contributed by atoms with van der Waals surface area (Å²) in [5, 5.41) is 3.42. The van der Waals surface area contributed by atoms with Gasteiger partial charge in [-0.2, -0.15) is 0 Å². The van der Waals surface area contributed by atoms with Gasteiger partial charge in [-0.25, -0.2) is 0 Å². The third kappa shape index (κ3) is 4.29. The summed E-state index contributed by atoms with van der Waals surface area (Å²) in [6, 6.07) is 3.06. The van der Waals surface area contributed by atoms with Gasteiger partial charge in [-0.3, -0.25) is 4.90 Å². The van der Waals surface area contributed by atoms with Crippen molar-refractivity contribution < 1.29 is 0 Å². The lowest BCUT2D eigenvalue weighted by molar-refractivity contribution is 0.194. The second-order valence-corrected chi connectivity index (χ2v) is 7.35. The number of likely N-dealkylation sites (N-methyl/N-ethyl adjacent to an activating group) is 1. The van der Waals surface area contributed by atoms with Crippen molar-refractivity contribution in [2.24, 2.45) is 0 Å². The van der Waals surface area contributed by atoms with Gasteiger partial charge >= 0.3 is 0 Å². The van der Waals surface area contributed by atoms with E-state index in [1.807, 2.05) is 11.3 Å². The summed E-state index contributed by atoms with van der Waals surface area (Å²) in [5.41, 5.74) is 1.53. The van der Waals surface area contributed by atoms with Gasteiger partial charge in [0.25, 0.3) is 0 Å². The Balaban J connectivity index is 1.99. The molecule has 0 radical (unpaired) electrons. The number of aryl methyl sites for hydroxylation is 1. The number of thiophene rings is 1. The smallest absolute Gasteiger partial charge is 0.0299 e. The molecule has 0 aromatic carbocycles. The fourth-order valence-electron chi connectivity index (χ4n) is 2.96. The first-order valence-corrected chi connectivity index (χ1v) is 8.63. The monoisotopic (exact) mass is 295 g/mol. The Bertz CT molecular complexity index is 416. The van der Waals surface area contributed by atoms with Crippen molar-refractivity contribution in [1.29, 1.82) is 0 Å². The fraction of sp³-hybridized carbons (Fsp3) is 0.750. The van der Waals surface area contributed by atoms with E-state index < -0.39 is 0 Å². The highest BCUT2D eigenvalue weighted by molar-refractivity contribution is 7.12. The lowest BCUT2D eigenvalue weighted by atomic mass is 10.2. The molecule has 1 aromatic heterocycles. The van der Waals surface area contributed by atoms with Crippen molar-refractivity contribution in [2.45, 2.75) is 46.3 Å². The second-order valence-electron chi connectivity index (χ2n) is 6.01. The molecule has 1 aliphatic heterocycles. The van der Waals surface area contributed by atoms with E-state index in [1.54, 1.807) is 0 Å². The van der Waals surface area contributed by atoms with Gasteiger partial charge in [-0.1, -0.05) is 6.92 Å². The standard InChI is InChI=1S/C16H29N3S/c1-5-17-10-16-9-15(14(3)20-16)12-19-8-6-7-18(4)11-13(19)2/h9,13,17H,5-8,10-12H2,1-4H3. The first kappa shape index (κ1) is 16.0. The highest BCUT2D eigenvalue weighted by Gasteiger charge is 2.20. The van der Waals surface area contributed by atoms with Crippen LogP contribution < -0.4 is 5.32 Å². The van der Waals surface area contributed by atoms with Crippen LogP contribution in [-0.4, -0.2) is 49.1 Å². The zero-order chi connectivity index (χ0) is 14.5. The van der Waals surface area contributed by atoms with Crippen LogP contribution >= 0.6 is 11.3 Å². The van der Waals surface area contributed by atoms with Gasteiger partial charge in [0.05, 0.1) is 0 Å². The number of nitrogens with zero attached hydrogens (tertiary/aromatic N) is 2. The first-order chi connectivity index (χ1) is 9.60. The largest absolute Gasteiger partial charge is 0.312 e. The van der Waals surface area contributed by atoms with E-state index in [1.165, 1.54) is 41.4 Å². The Morgan fingerprint density at radius 1 is 1.40 bits per heavy atom. The quantitative estimate of drug-likeness (QED) is 0.901. The maximum absolute atomic E-state index is 3.42. The topological polar surface area (TPSA) is 18.5 Å². The van der Waals surface area contributed by atoms with Crippen LogP contribution in [0.4, 0.5) is 0 Å². The molecule has 114 valence electrons. The molecule has 1 atom stereocenters. The van der Waals surface area contributed by atoms with Crippen LogP contribution in [0.3, 0.4) is 0 Å². The summed E-state index contributed by atoms with van der Waals surface area (Å²) in [6.07, 6.45) is 1.29. The molecule has 0 amide bonds. The summed E-state index contributed by atoms with van der Waals surface area (Å²) >= 11 is 1.95. The van der Waals surface area contributed by atoms with Gasteiger partial charge in [0.15, 0.2) is 0 Å². The SMILES string of the molecule is CCNCc1cc(CN2CCCN(C)CC2C)c(C)s1. The van der Waals surface area contributed by atoms with Crippen molar-refractivity contribution in [1.82, 2.24) is 15.1 Å². The van der Waals surface area contributed by atoms with E-state index in [4.69, 9.17) is 0 Å². The van der Waals surface area contributed by atoms with E-state index in [0.29, 0.717) is 6.04 Å². The molecular formula is C16H29N3S. The molecular weight excluding hydrogens is 266 g/mol. The molecule has 1 aromatic rings. The summed E-state index contributed by atoms with van der Waals surface area (Å²) in [6.45, 7) is 13.6. The highest BCUT2D eigenvalue weighted by atomic mass is 32.1. The van der Waals surface area contributed by atoms with Crippen molar-refractivity contribution in [3.05, 3.63) is 21.4 Å². The van der Waals surface area contributed by atoms with Gasteiger partial charge in [0.1, 0.15) is 0 Å². The normalized spacial score (nSPS) is 22.1. The van der Waals surface area contributed by atoms with Crippen LogP contribution in [-0.2, 0) is 13.1 Å². The summed E-state index contributed by atoms with van der Waals surface area (Å²) in [7, 11) is 2.24. The third-order valence-corrected chi connectivity index (χ3v) is 5.27. The fourth-order valence-corrected chi connectivity index (χ4v) is 3.98. The lowest BCUT2D eigenvalue weighted by Crippen LogP contribution is -2.37. The maximum atomic E-state index is 3.42. The minimum absolute atomic E-state index is 0.652. The first-order valence-electron chi connectivity index (χ1n) is 7.81. The Morgan fingerprint density at radius 3 is 2.95 bits per heavy atom. The number of hydrogen-bond donors (Lipinski definition) is 1. The molecule has 1 saturated heterocycles. The Hall–Kier alpha value is -0.420. The number of hydrogen-bond acceptors (Lipinski definition) is 4. The Labute approximate surface area is 128 Å². The predicted octanol–water partition coefficient (Wildman–Crippen LogP) is 2.69. The molecule has 0 spiro atoms. The predicted molar refractivity (Wildman–Crippen MR) is 88.4 cm³/mol. The van der Waals surface area contributed by atoms with Gasteiger partial charge in [0, 0.05) is 42.0 Å². The van der Waals surface area contributed by atoms with Crippen LogP contribution in [0, 0.1) is 6.92 Å². The van der Waals surface area contributed by atoms with E-state index in [-0.39, 0.29) is 0 Å². The molecule has 0 saturated carbocycles. The summed E-state index contributed by atoms with van der Waals surface area (Å²) in [5.74, 6) is 0. The lowest BCUT2D eigenvalue weighted by Gasteiger charge is -2.27. The molecule has 1 unspecified atom stereocenters. The minimum Gasteiger partial charge on any atom is -0.312 e. The van der Waals surface area contributed by atoms with E-state index in [9.17, 15) is 0 Å². The van der Waals surface area contributed by atoms with Crippen LogP contribution in [0.1, 0.15) is 35.6 Å². The average Bonchev–Trinajstić information content (AvgIpc) is 2.66. The number of rotatable bonds is 5. The van der Waals surface area contributed by atoms with Gasteiger partial charge in [-0.05, 0) is 52.0 Å². The van der Waals surface area contributed by atoms with Crippen LogP contribution in [0.15, 0.2) is 6.07 Å². The van der Waals surface area contributed by atoms with Gasteiger partial charge in [0.2, 0.25) is 0 Å². The molecule has 0 aliphatic carbocycles. The Kier molecular flexibility index (Phi) is 6.02. The molecule has 4 heteroatoms. The molecule has 2 rings (SSSR count). The Morgan fingerprint density at radius 2 is 2.20 bits per heavy atom. The van der Waals surface area contributed by atoms with Crippen LogP contribution in [0.25, 0.3) is 0 Å². The molecule has 1 aliphatic rings. The molecule has 2 heterocycles. The zero-order valence-corrected chi connectivity index (χ0v) is 14.2. The van der Waals surface area contributed by atoms with Crippen molar-refractivity contribution in [3.8, 4) is 0 Å². The summed E-state index contributed by atoms with van der Waals surface area (Å²) in [4.78, 5) is 8.07. The van der Waals surface area contributed by atoms with Crippen molar-refractivity contribution in [3.63, 3.8) is 0 Å².